The first kappa shape index (κ1) is 7.28. The molecule has 3 nitrogen and oxygen atoms in total. The zero-order valence-electron chi connectivity index (χ0n) is 6.59. The lowest BCUT2D eigenvalue weighted by Gasteiger charge is -2.03. The van der Waals surface area contributed by atoms with E-state index in [-0.39, 0.29) is 0 Å². The summed E-state index contributed by atoms with van der Waals surface area (Å²) >= 11 is 0. The van der Waals surface area contributed by atoms with Crippen LogP contribution in [0.3, 0.4) is 0 Å². The molecule has 56 valence electrons. The Hall–Kier alpha value is -0.830. The van der Waals surface area contributed by atoms with E-state index in [0.29, 0.717) is 0 Å². The summed E-state index contributed by atoms with van der Waals surface area (Å²) in [4.78, 5) is 2.05. The van der Waals surface area contributed by atoms with Crippen molar-refractivity contribution in [1.29, 1.82) is 0 Å². The van der Waals surface area contributed by atoms with Gasteiger partial charge in [-0.1, -0.05) is 5.16 Å². The fourth-order valence-corrected chi connectivity index (χ4v) is 0.816. The second-order valence-electron chi connectivity index (χ2n) is 2.67. The topological polar surface area (TPSA) is 29.3 Å². The summed E-state index contributed by atoms with van der Waals surface area (Å²) in [5.74, 6) is 0.872. The quantitative estimate of drug-likeness (QED) is 0.614. The summed E-state index contributed by atoms with van der Waals surface area (Å²) in [5.41, 5.74) is 0.988. The Balaban J connectivity index is 2.58. The summed E-state index contributed by atoms with van der Waals surface area (Å²) < 4.78 is 4.89. The van der Waals surface area contributed by atoms with Gasteiger partial charge in [-0.3, -0.25) is 0 Å². The average Bonchev–Trinajstić information content (AvgIpc) is 2.13. The van der Waals surface area contributed by atoms with Crippen molar-refractivity contribution in [2.24, 2.45) is 0 Å². The van der Waals surface area contributed by atoms with E-state index in [1.807, 2.05) is 27.1 Å². The number of rotatable bonds is 2. The Morgan fingerprint density at radius 3 is 2.70 bits per heavy atom. The van der Waals surface area contributed by atoms with Crippen LogP contribution in [0.4, 0.5) is 0 Å². The van der Waals surface area contributed by atoms with Crippen molar-refractivity contribution in [2.45, 2.75) is 13.5 Å². The fourth-order valence-electron chi connectivity index (χ4n) is 0.816. The fraction of sp³-hybridized carbons (Fsp3) is 0.571. The molecule has 0 radical (unpaired) electrons. The van der Waals surface area contributed by atoms with Gasteiger partial charge in [-0.15, -0.1) is 0 Å². The number of aryl methyl sites for hydroxylation is 1. The molecule has 1 aromatic rings. The molecule has 1 rings (SSSR count). The molecule has 0 atom stereocenters. The molecule has 1 aromatic heterocycles. The molecule has 0 saturated carbocycles. The van der Waals surface area contributed by atoms with Gasteiger partial charge < -0.3 is 9.42 Å². The van der Waals surface area contributed by atoms with E-state index >= 15 is 0 Å². The molecule has 0 aliphatic carbocycles. The van der Waals surface area contributed by atoms with Crippen LogP contribution in [0, 0.1) is 6.92 Å². The second kappa shape index (κ2) is 2.84. The number of aromatic nitrogens is 1. The van der Waals surface area contributed by atoms with Gasteiger partial charge in [-0.2, -0.15) is 0 Å². The van der Waals surface area contributed by atoms with Crippen LogP contribution in [0.5, 0.6) is 0 Å². The molecular weight excluding hydrogens is 128 g/mol. The molecule has 0 spiro atoms. The standard InChI is InChI=1S/C7H12N2O/c1-6-4-7(8-10-6)5-9(2)3/h4H,5H2,1-3H3. The Morgan fingerprint density at radius 1 is 1.60 bits per heavy atom. The molecule has 0 fully saturated rings. The van der Waals surface area contributed by atoms with E-state index < -0.39 is 0 Å². The van der Waals surface area contributed by atoms with Crippen LogP contribution in [-0.4, -0.2) is 24.2 Å². The first-order chi connectivity index (χ1) is 4.68. The number of hydrogen-bond acceptors (Lipinski definition) is 3. The van der Waals surface area contributed by atoms with E-state index in [9.17, 15) is 0 Å². The zero-order chi connectivity index (χ0) is 7.56. The Kier molecular flexibility index (Phi) is 2.06. The minimum atomic E-state index is 0.845. The van der Waals surface area contributed by atoms with Gasteiger partial charge in [0.15, 0.2) is 0 Å². The van der Waals surface area contributed by atoms with Crippen LogP contribution in [0.15, 0.2) is 10.6 Å². The third-order valence-electron chi connectivity index (χ3n) is 1.15. The Bertz CT molecular complexity index is 205. The summed E-state index contributed by atoms with van der Waals surface area (Å²) in [7, 11) is 4.01. The summed E-state index contributed by atoms with van der Waals surface area (Å²) in [6.45, 7) is 2.74. The van der Waals surface area contributed by atoms with Crippen LogP contribution in [0.25, 0.3) is 0 Å². The van der Waals surface area contributed by atoms with E-state index in [4.69, 9.17) is 4.52 Å². The highest BCUT2D eigenvalue weighted by molar-refractivity contribution is 5.02. The SMILES string of the molecule is Cc1cc(CN(C)C)no1. The summed E-state index contributed by atoms with van der Waals surface area (Å²) in [6.07, 6.45) is 0. The predicted octanol–water partition coefficient (Wildman–Crippen LogP) is 1.04. The minimum Gasteiger partial charge on any atom is -0.361 e. The average molecular weight is 140 g/mol. The maximum atomic E-state index is 4.89. The van der Waals surface area contributed by atoms with Crippen molar-refractivity contribution < 1.29 is 4.52 Å². The largest absolute Gasteiger partial charge is 0.361 e. The highest BCUT2D eigenvalue weighted by Gasteiger charge is 1.99. The van der Waals surface area contributed by atoms with Gasteiger partial charge in [0, 0.05) is 12.6 Å². The van der Waals surface area contributed by atoms with Crippen molar-refractivity contribution in [2.75, 3.05) is 14.1 Å². The zero-order valence-corrected chi connectivity index (χ0v) is 6.59. The number of hydrogen-bond donors (Lipinski definition) is 0. The first-order valence-corrected chi connectivity index (χ1v) is 3.25. The van der Waals surface area contributed by atoms with Gasteiger partial charge in [0.1, 0.15) is 5.76 Å². The van der Waals surface area contributed by atoms with E-state index in [0.717, 1.165) is 18.0 Å². The molecule has 0 aromatic carbocycles. The van der Waals surface area contributed by atoms with E-state index in [2.05, 4.69) is 10.1 Å². The van der Waals surface area contributed by atoms with Crippen LogP contribution < -0.4 is 0 Å². The van der Waals surface area contributed by atoms with E-state index in [1.54, 1.807) is 0 Å². The van der Waals surface area contributed by atoms with Crippen LogP contribution in [-0.2, 0) is 6.54 Å². The lowest BCUT2D eigenvalue weighted by atomic mass is 10.4. The first-order valence-electron chi connectivity index (χ1n) is 3.25. The van der Waals surface area contributed by atoms with E-state index in [1.165, 1.54) is 0 Å². The van der Waals surface area contributed by atoms with Crippen molar-refractivity contribution in [3.8, 4) is 0 Å². The molecule has 10 heavy (non-hydrogen) atoms. The van der Waals surface area contributed by atoms with Gasteiger partial charge in [0.25, 0.3) is 0 Å². The minimum absolute atomic E-state index is 0.845. The van der Waals surface area contributed by atoms with Gasteiger partial charge in [-0.25, -0.2) is 0 Å². The van der Waals surface area contributed by atoms with Crippen LogP contribution in [0.2, 0.25) is 0 Å². The molecule has 3 heteroatoms. The predicted molar refractivity (Wildman–Crippen MR) is 38.6 cm³/mol. The van der Waals surface area contributed by atoms with Gasteiger partial charge in [0.05, 0.1) is 5.69 Å². The van der Waals surface area contributed by atoms with Gasteiger partial charge >= 0.3 is 0 Å². The normalized spacial score (nSPS) is 10.8. The molecule has 0 unspecified atom stereocenters. The third-order valence-corrected chi connectivity index (χ3v) is 1.15. The van der Waals surface area contributed by atoms with Crippen molar-refractivity contribution >= 4 is 0 Å². The lowest BCUT2D eigenvalue weighted by Crippen LogP contribution is -2.10. The smallest absolute Gasteiger partial charge is 0.133 e. The maximum Gasteiger partial charge on any atom is 0.133 e. The monoisotopic (exact) mass is 140 g/mol. The van der Waals surface area contributed by atoms with Crippen molar-refractivity contribution in [3.05, 3.63) is 17.5 Å². The molecule has 0 bridgehead atoms. The van der Waals surface area contributed by atoms with Crippen LogP contribution in [0.1, 0.15) is 11.5 Å². The van der Waals surface area contributed by atoms with Crippen LogP contribution >= 0.6 is 0 Å². The third kappa shape index (κ3) is 1.84. The van der Waals surface area contributed by atoms with Crippen molar-refractivity contribution in [3.63, 3.8) is 0 Å². The lowest BCUT2D eigenvalue weighted by molar-refractivity contribution is 0.355. The highest BCUT2D eigenvalue weighted by atomic mass is 16.5. The summed E-state index contributed by atoms with van der Waals surface area (Å²) in [5, 5.41) is 3.84. The highest BCUT2D eigenvalue weighted by Crippen LogP contribution is 2.02. The molecule has 0 aliphatic rings. The Labute approximate surface area is 60.6 Å². The van der Waals surface area contributed by atoms with Gasteiger partial charge in [0.2, 0.25) is 0 Å². The second-order valence-corrected chi connectivity index (χ2v) is 2.67. The molecule has 0 aliphatic heterocycles. The number of nitrogens with zero attached hydrogens (tertiary/aromatic N) is 2. The molecule has 0 amide bonds. The molecule has 1 heterocycles. The molecular formula is C7H12N2O. The van der Waals surface area contributed by atoms with Gasteiger partial charge in [-0.05, 0) is 21.0 Å². The maximum absolute atomic E-state index is 4.89. The Morgan fingerprint density at radius 2 is 2.30 bits per heavy atom. The van der Waals surface area contributed by atoms with Crippen molar-refractivity contribution in [1.82, 2.24) is 10.1 Å². The molecule has 0 saturated heterocycles. The molecule has 0 N–H and O–H groups in total. The summed E-state index contributed by atoms with van der Waals surface area (Å²) in [6, 6.07) is 1.94.